The van der Waals surface area contributed by atoms with Crippen LogP contribution in [0.25, 0.3) is 33.2 Å². The van der Waals surface area contributed by atoms with Gasteiger partial charge >= 0.3 is 0 Å². The molecule has 0 bridgehead atoms. The molecule has 54 heavy (non-hydrogen) atoms. The van der Waals surface area contributed by atoms with Crippen molar-refractivity contribution in [3.63, 3.8) is 0 Å². The minimum Gasteiger partial charge on any atom is -0.366 e. The zero-order valence-corrected chi connectivity index (χ0v) is 30.9. The molecule has 2 unspecified atom stereocenters. The molecule has 1 aliphatic carbocycles. The number of nitrogens with zero attached hydrogens (tertiary/aromatic N) is 5. The number of nitrogens with two attached hydrogens (primary N) is 2. The van der Waals surface area contributed by atoms with E-state index >= 15 is 0 Å². The van der Waals surface area contributed by atoms with Crippen molar-refractivity contribution < 1.29 is 9.59 Å². The molecule has 3 fully saturated rings. The normalized spacial score (nSPS) is 25.0. The first-order valence-corrected chi connectivity index (χ1v) is 19.4. The van der Waals surface area contributed by atoms with Crippen molar-refractivity contribution in [3.05, 3.63) is 120 Å². The molecule has 1 saturated carbocycles. The Morgan fingerprint density at radius 2 is 1.33 bits per heavy atom. The van der Waals surface area contributed by atoms with Gasteiger partial charge in [0, 0.05) is 53.1 Å². The zero-order chi connectivity index (χ0) is 37.0. The van der Waals surface area contributed by atoms with Crippen LogP contribution in [0.1, 0.15) is 83.7 Å². The number of rotatable bonds is 8. The Hall–Kier alpha value is -5.32. The number of piperidine rings is 2. The number of fused-ring (bicyclic) bond motifs is 2. The SMILES string of the molecule is C[C@]1(c2ccc(-n3cc4cccc(C(N)=O)c4n3)cc2)CCCN(C2CCC([C@@]3(c4ccc(-n5cc6cccc(C(N)=O)c6n5)cc4)CCCNC3)C2)C1. The minimum absolute atomic E-state index is 0.0677. The number of nitrogens with one attached hydrogen (secondary N) is 1. The summed E-state index contributed by atoms with van der Waals surface area (Å²) in [5.74, 6) is -0.319. The largest absolute Gasteiger partial charge is 0.366 e. The fraction of sp³-hybridized carbons (Fsp3) is 0.364. The van der Waals surface area contributed by atoms with Crippen LogP contribution in [0.3, 0.4) is 0 Å². The molecule has 2 aromatic heterocycles. The van der Waals surface area contributed by atoms with Gasteiger partial charge in [0.1, 0.15) is 11.0 Å². The number of likely N-dealkylation sites (tertiary alicyclic amines) is 1. The summed E-state index contributed by atoms with van der Waals surface area (Å²) in [5, 5.41) is 15.1. The Bertz CT molecular complexity index is 2350. The first kappa shape index (κ1) is 34.4. The van der Waals surface area contributed by atoms with E-state index in [0.717, 1.165) is 48.3 Å². The lowest BCUT2D eigenvalue weighted by atomic mass is 9.65. The van der Waals surface area contributed by atoms with Crippen molar-refractivity contribution in [1.82, 2.24) is 29.8 Å². The van der Waals surface area contributed by atoms with Crippen LogP contribution in [0.2, 0.25) is 0 Å². The summed E-state index contributed by atoms with van der Waals surface area (Å²) in [7, 11) is 0. The third-order valence-electron chi connectivity index (χ3n) is 13.0. The summed E-state index contributed by atoms with van der Waals surface area (Å²) in [4.78, 5) is 26.8. The predicted octanol–water partition coefficient (Wildman–Crippen LogP) is 6.41. The van der Waals surface area contributed by atoms with E-state index in [9.17, 15) is 9.59 Å². The van der Waals surface area contributed by atoms with Crippen LogP contribution in [0, 0.1) is 5.92 Å². The summed E-state index contributed by atoms with van der Waals surface area (Å²) < 4.78 is 3.71. The molecule has 4 heterocycles. The lowest BCUT2D eigenvalue weighted by molar-refractivity contribution is 0.0993. The molecule has 10 heteroatoms. The molecule has 10 nitrogen and oxygen atoms in total. The second-order valence-corrected chi connectivity index (χ2v) is 16.2. The molecule has 2 saturated heterocycles. The van der Waals surface area contributed by atoms with E-state index in [-0.39, 0.29) is 10.8 Å². The van der Waals surface area contributed by atoms with Crippen LogP contribution in [0.5, 0.6) is 0 Å². The Morgan fingerprint density at radius 3 is 1.89 bits per heavy atom. The second-order valence-electron chi connectivity index (χ2n) is 16.2. The first-order chi connectivity index (χ1) is 26.2. The van der Waals surface area contributed by atoms with Crippen LogP contribution < -0.4 is 16.8 Å². The molecule has 5 N–H and O–H groups in total. The van der Waals surface area contributed by atoms with E-state index in [0.29, 0.717) is 34.1 Å². The van der Waals surface area contributed by atoms with Crippen molar-refractivity contribution in [3.8, 4) is 11.4 Å². The van der Waals surface area contributed by atoms with E-state index in [1.165, 1.54) is 56.1 Å². The third kappa shape index (κ3) is 5.97. The number of primary amides is 2. The number of amides is 2. The van der Waals surface area contributed by atoms with E-state index in [1.807, 2.05) is 46.0 Å². The summed E-state index contributed by atoms with van der Waals surface area (Å²) in [5.41, 5.74) is 18.3. The molecular weight excluding hydrogens is 673 g/mol. The van der Waals surface area contributed by atoms with Crippen molar-refractivity contribution in [2.75, 3.05) is 26.2 Å². The summed E-state index contributed by atoms with van der Waals surface area (Å²) >= 11 is 0. The van der Waals surface area contributed by atoms with Gasteiger partial charge in [-0.15, -0.1) is 0 Å². The van der Waals surface area contributed by atoms with Gasteiger partial charge in [-0.2, -0.15) is 10.2 Å². The standard InChI is InChI=1S/C44H48N8O2/c1-43(31-10-15-34(16-11-31)51-25-29-6-2-8-37(41(45)53)39(29)48-51)20-5-23-50(28-43)36-19-14-33(24-36)44(21-4-22-47-27-44)32-12-17-35(18-13-32)52-26-30-7-3-9-38(42(46)54)40(30)49-52/h2-3,6-13,15-18,25-26,33,36,47H,4-5,14,19-24,27-28H2,1H3,(H2,45,53)(H2,46,54)/t33?,36?,43-,44-/m0/s1. The highest BCUT2D eigenvalue weighted by molar-refractivity contribution is 6.05. The Labute approximate surface area is 315 Å². The molecule has 3 aliphatic rings. The van der Waals surface area contributed by atoms with Gasteiger partial charge in [-0.1, -0.05) is 55.5 Å². The molecule has 4 aromatic carbocycles. The van der Waals surface area contributed by atoms with Crippen molar-refractivity contribution in [2.24, 2.45) is 17.4 Å². The number of hydrogen-bond donors (Lipinski definition) is 3. The number of carbonyl (C=O) groups excluding carboxylic acids is 2. The van der Waals surface area contributed by atoms with Crippen molar-refractivity contribution >= 4 is 33.6 Å². The van der Waals surface area contributed by atoms with E-state index in [1.54, 1.807) is 12.1 Å². The van der Waals surface area contributed by atoms with Gasteiger partial charge in [0.15, 0.2) is 0 Å². The molecule has 2 amide bonds. The number of benzene rings is 4. The monoisotopic (exact) mass is 720 g/mol. The molecule has 0 spiro atoms. The van der Waals surface area contributed by atoms with Gasteiger partial charge < -0.3 is 16.8 Å². The Kier molecular flexibility index (Phi) is 8.62. The average molecular weight is 721 g/mol. The molecule has 0 radical (unpaired) electrons. The van der Waals surface area contributed by atoms with Gasteiger partial charge in [0.2, 0.25) is 0 Å². The minimum atomic E-state index is -0.465. The highest BCUT2D eigenvalue weighted by atomic mass is 16.1. The Morgan fingerprint density at radius 1 is 0.741 bits per heavy atom. The maximum Gasteiger partial charge on any atom is 0.250 e. The molecule has 276 valence electrons. The Balaban J connectivity index is 0.914. The maximum absolute atomic E-state index is 12.0. The number of carbonyl (C=O) groups is 2. The van der Waals surface area contributed by atoms with Gasteiger partial charge in [-0.05, 0) is 111 Å². The quantitative estimate of drug-likeness (QED) is 0.166. The van der Waals surface area contributed by atoms with E-state index in [2.05, 4.69) is 65.7 Å². The van der Waals surface area contributed by atoms with E-state index in [4.69, 9.17) is 21.7 Å². The smallest absolute Gasteiger partial charge is 0.250 e. The molecular formula is C44H48N8O2. The fourth-order valence-electron chi connectivity index (χ4n) is 10.1. The molecule has 4 atom stereocenters. The first-order valence-electron chi connectivity index (χ1n) is 19.4. The van der Waals surface area contributed by atoms with Crippen LogP contribution in [-0.4, -0.2) is 68.5 Å². The van der Waals surface area contributed by atoms with Gasteiger partial charge in [0.05, 0.1) is 22.5 Å². The van der Waals surface area contributed by atoms with Crippen LogP contribution >= 0.6 is 0 Å². The molecule has 2 aliphatic heterocycles. The van der Waals surface area contributed by atoms with Crippen LogP contribution in [-0.2, 0) is 10.8 Å². The summed E-state index contributed by atoms with van der Waals surface area (Å²) in [6.45, 7) is 6.74. The summed E-state index contributed by atoms with van der Waals surface area (Å²) in [6.07, 6.45) is 12.4. The van der Waals surface area contributed by atoms with Crippen LogP contribution in [0.15, 0.2) is 97.3 Å². The number of aromatic nitrogens is 4. The lowest BCUT2D eigenvalue weighted by Crippen LogP contribution is -2.50. The third-order valence-corrected chi connectivity index (χ3v) is 13.0. The molecule has 6 aromatic rings. The van der Waals surface area contributed by atoms with Gasteiger partial charge in [0.25, 0.3) is 11.8 Å². The van der Waals surface area contributed by atoms with Gasteiger partial charge in [-0.3, -0.25) is 14.5 Å². The van der Waals surface area contributed by atoms with Gasteiger partial charge in [-0.25, -0.2) is 9.36 Å². The zero-order valence-electron chi connectivity index (χ0n) is 30.9. The second kappa shape index (κ2) is 13.5. The van der Waals surface area contributed by atoms with Crippen LogP contribution in [0.4, 0.5) is 0 Å². The highest BCUT2D eigenvalue weighted by Crippen LogP contribution is 2.48. The highest BCUT2D eigenvalue weighted by Gasteiger charge is 2.47. The predicted molar refractivity (Wildman–Crippen MR) is 212 cm³/mol. The summed E-state index contributed by atoms with van der Waals surface area (Å²) in [6, 6.07) is 29.5. The van der Waals surface area contributed by atoms with E-state index < -0.39 is 11.8 Å². The fourth-order valence-corrected chi connectivity index (χ4v) is 10.1. The lowest BCUT2D eigenvalue weighted by Gasteiger charge is -2.45. The van der Waals surface area contributed by atoms with Crippen molar-refractivity contribution in [1.29, 1.82) is 0 Å². The number of hydrogen-bond acceptors (Lipinski definition) is 6. The maximum atomic E-state index is 12.0. The molecule has 9 rings (SSSR count). The average Bonchev–Trinajstić information content (AvgIpc) is 3.97. The topological polar surface area (TPSA) is 137 Å². The van der Waals surface area contributed by atoms with Crippen molar-refractivity contribution in [2.45, 2.75) is 68.7 Å².